The summed E-state index contributed by atoms with van der Waals surface area (Å²) in [6.45, 7) is 4.89. The van der Waals surface area contributed by atoms with E-state index in [0.717, 1.165) is 18.4 Å². The Morgan fingerprint density at radius 3 is 1.58 bits per heavy atom. The Morgan fingerprint density at radius 1 is 0.792 bits per heavy atom. The van der Waals surface area contributed by atoms with Crippen LogP contribution in [0.4, 0.5) is 0 Å². The Morgan fingerprint density at radius 2 is 1.21 bits per heavy atom. The fourth-order valence-electron chi connectivity index (χ4n) is 5.58. The van der Waals surface area contributed by atoms with Gasteiger partial charge in [-0.2, -0.15) is 0 Å². The second kappa shape index (κ2) is 5.44. The molecule has 0 N–H and O–H groups in total. The summed E-state index contributed by atoms with van der Waals surface area (Å²) >= 11 is 0. The van der Waals surface area contributed by atoms with Gasteiger partial charge in [0.2, 0.25) is 0 Å². The van der Waals surface area contributed by atoms with Crippen LogP contribution in [0.2, 0.25) is 0 Å². The molecule has 2 bridgehead atoms. The molecule has 24 heavy (non-hydrogen) atoms. The van der Waals surface area contributed by atoms with Crippen molar-refractivity contribution in [2.24, 2.45) is 11.8 Å². The van der Waals surface area contributed by atoms with E-state index in [0.29, 0.717) is 11.8 Å². The number of hydrogen-bond acceptors (Lipinski definition) is 2. The minimum atomic E-state index is 0.608. The molecule has 4 aliphatic rings. The van der Waals surface area contributed by atoms with E-state index in [4.69, 9.17) is 0 Å². The van der Waals surface area contributed by atoms with Crippen molar-refractivity contribution >= 4 is 0 Å². The fraction of sp³-hybridized carbons (Fsp3) is 0.455. The smallest absolute Gasteiger partial charge is 0.0139 e. The lowest BCUT2D eigenvalue weighted by atomic mass is 9.55. The Kier molecular flexibility index (Phi) is 3.33. The van der Waals surface area contributed by atoms with Gasteiger partial charge >= 0.3 is 0 Å². The molecule has 2 heteroatoms. The van der Waals surface area contributed by atoms with Crippen LogP contribution in [-0.4, -0.2) is 50.1 Å². The van der Waals surface area contributed by atoms with E-state index in [-0.39, 0.29) is 0 Å². The van der Waals surface area contributed by atoms with Crippen molar-refractivity contribution < 1.29 is 0 Å². The van der Waals surface area contributed by atoms with Crippen LogP contribution >= 0.6 is 0 Å². The molecular formula is C22H26N2. The molecule has 6 rings (SSSR count). The number of hydrogen-bond donors (Lipinski definition) is 0. The number of likely N-dealkylation sites (N-methyl/N-ethyl adjacent to an activating group) is 1. The van der Waals surface area contributed by atoms with Crippen LogP contribution in [0.25, 0.3) is 0 Å². The normalized spacial score (nSPS) is 30.3. The molecule has 0 radical (unpaired) electrons. The average Bonchev–Trinajstić information content (AvgIpc) is 3.04. The molecule has 0 amide bonds. The molecule has 2 aromatic rings. The molecule has 1 heterocycles. The van der Waals surface area contributed by atoms with E-state index in [2.05, 4.69) is 72.4 Å². The zero-order valence-electron chi connectivity index (χ0n) is 14.7. The lowest BCUT2D eigenvalue weighted by Gasteiger charge is -2.48. The van der Waals surface area contributed by atoms with Crippen molar-refractivity contribution in [2.45, 2.75) is 11.8 Å². The molecule has 0 unspecified atom stereocenters. The maximum Gasteiger partial charge on any atom is 0.0139 e. The molecule has 0 saturated carbocycles. The van der Waals surface area contributed by atoms with Gasteiger partial charge in [0, 0.05) is 38.0 Å². The largest absolute Gasteiger partial charge is 0.308 e. The second-order valence-corrected chi connectivity index (χ2v) is 8.10. The van der Waals surface area contributed by atoms with Crippen LogP contribution in [0.15, 0.2) is 48.5 Å². The monoisotopic (exact) mass is 318 g/mol. The van der Waals surface area contributed by atoms with Crippen LogP contribution in [0.1, 0.15) is 34.1 Å². The number of rotatable bonds is 3. The molecule has 0 aromatic heterocycles. The van der Waals surface area contributed by atoms with Gasteiger partial charge in [-0.25, -0.2) is 0 Å². The highest BCUT2D eigenvalue weighted by Gasteiger charge is 2.52. The zero-order chi connectivity index (χ0) is 16.3. The van der Waals surface area contributed by atoms with Crippen LogP contribution in [0, 0.1) is 11.8 Å². The lowest BCUT2D eigenvalue weighted by Crippen LogP contribution is -2.39. The van der Waals surface area contributed by atoms with E-state index >= 15 is 0 Å². The predicted octanol–water partition coefficient (Wildman–Crippen LogP) is 3.39. The van der Waals surface area contributed by atoms with Crippen LogP contribution in [0.5, 0.6) is 0 Å². The van der Waals surface area contributed by atoms with Gasteiger partial charge in [-0.3, -0.25) is 0 Å². The van der Waals surface area contributed by atoms with Gasteiger partial charge < -0.3 is 9.80 Å². The van der Waals surface area contributed by atoms with Crippen molar-refractivity contribution in [3.63, 3.8) is 0 Å². The SMILES string of the molecule is CN(C)CCN1C[C@@H]2C3c4ccccc4C(c4ccccc43)[C@@H]2C1. The molecule has 0 spiro atoms. The third-order valence-corrected chi connectivity index (χ3v) is 6.54. The third-order valence-electron chi connectivity index (χ3n) is 6.54. The fourth-order valence-corrected chi connectivity index (χ4v) is 5.58. The van der Waals surface area contributed by atoms with Crippen molar-refractivity contribution in [2.75, 3.05) is 40.3 Å². The summed E-state index contributed by atoms with van der Waals surface area (Å²) in [5.41, 5.74) is 6.43. The molecule has 3 aliphatic carbocycles. The lowest BCUT2D eigenvalue weighted by molar-refractivity contribution is 0.272. The maximum atomic E-state index is 2.72. The van der Waals surface area contributed by atoms with Crippen molar-refractivity contribution in [1.82, 2.24) is 9.80 Å². The van der Waals surface area contributed by atoms with Gasteiger partial charge in [0.05, 0.1) is 0 Å². The highest BCUT2D eigenvalue weighted by atomic mass is 15.2. The molecule has 2 atom stereocenters. The molecule has 1 fully saturated rings. The van der Waals surface area contributed by atoms with E-state index in [1.165, 1.54) is 19.6 Å². The first-order chi connectivity index (χ1) is 11.7. The highest BCUT2D eigenvalue weighted by molar-refractivity contribution is 5.57. The van der Waals surface area contributed by atoms with E-state index < -0.39 is 0 Å². The standard InChI is InChI=1S/C22H26N2/c1-23(2)11-12-24-13-19-20(14-24)22-16-8-4-3-7-15(16)21(19)17-9-5-6-10-18(17)22/h3-10,19-22H,11-14H2,1-2H3/t19-,20+,21?,22?. The van der Waals surface area contributed by atoms with E-state index in [1.54, 1.807) is 22.3 Å². The van der Waals surface area contributed by atoms with Crippen molar-refractivity contribution in [1.29, 1.82) is 0 Å². The first kappa shape index (κ1) is 14.7. The van der Waals surface area contributed by atoms with Gasteiger partial charge in [0.15, 0.2) is 0 Å². The summed E-state index contributed by atoms with van der Waals surface area (Å²) in [5, 5.41) is 0. The topological polar surface area (TPSA) is 6.48 Å². The van der Waals surface area contributed by atoms with Gasteiger partial charge in [0.1, 0.15) is 0 Å². The highest BCUT2D eigenvalue weighted by Crippen LogP contribution is 2.60. The summed E-state index contributed by atoms with van der Waals surface area (Å²) in [4.78, 5) is 5.02. The Bertz CT molecular complexity index is 661. The molecule has 2 nitrogen and oxygen atoms in total. The summed E-state index contributed by atoms with van der Waals surface area (Å²) in [7, 11) is 4.36. The first-order valence-corrected chi connectivity index (χ1v) is 9.29. The third kappa shape index (κ3) is 2.03. The van der Waals surface area contributed by atoms with Gasteiger partial charge in [-0.1, -0.05) is 48.5 Å². The van der Waals surface area contributed by atoms with Crippen molar-refractivity contribution in [3.8, 4) is 0 Å². The van der Waals surface area contributed by atoms with E-state index in [1.807, 2.05) is 0 Å². The zero-order valence-corrected chi connectivity index (χ0v) is 14.7. The summed E-state index contributed by atoms with van der Waals surface area (Å²) in [6.07, 6.45) is 0. The first-order valence-electron chi connectivity index (χ1n) is 9.29. The van der Waals surface area contributed by atoms with Crippen LogP contribution in [0.3, 0.4) is 0 Å². The van der Waals surface area contributed by atoms with Crippen LogP contribution < -0.4 is 0 Å². The minimum absolute atomic E-state index is 0.608. The minimum Gasteiger partial charge on any atom is -0.308 e. The van der Waals surface area contributed by atoms with Gasteiger partial charge in [0.25, 0.3) is 0 Å². The van der Waals surface area contributed by atoms with Gasteiger partial charge in [-0.05, 0) is 48.2 Å². The Labute approximate surface area is 145 Å². The molecule has 1 aliphatic heterocycles. The average molecular weight is 318 g/mol. The second-order valence-electron chi connectivity index (χ2n) is 8.10. The Balaban J connectivity index is 1.56. The number of nitrogens with zero attached hydrogens (tertiary/aromatic N) is 2. The maximum absolute atomic E-state index is 2.72. The number of benzene rings is 2. The quantitative estimate of drug-likeness (QED) is 0.856. The van der Waals surface area contributed by atoms with Crippen LogP contribution in [-0.2, 0) is 0 Å². The summed E-state index contributed by atoms with van der Waals surface area (Å²) in [5.74, 6) is 2.80. The molecule has 1 saturated heterocycles. The molecular weight excluding hydrogens is 292 g/mol. The molecule has 2 aromatic carbocycles. The van der Waals surface area contributed by atoms with E-state index in [9.17, 15) is 0 Å². The summed E-state index contributed by atoms with van der Waals surface area (Å²) < 4.78 is 0. The number of likely N-dealkylation sites (tertiary alicyclic amines) is 1. The van der Waals surface area contributed by atoms with Crippen molar-refractivity contribution in [3.05, 3.63) is 70.8 Å². The molecule has 124 valence electrons. The van der Waals surface area contributed by atoms with Gasteiger partial charge in [-0.15, -0.1) is 0 Å². The summed E-state index contributed by atoms with van der Waals surface area (Å²) in [6, 6.07) is 18.5. The Hall–Kier alpha value is -1.64. The predicted molar refractivity (Wildman–Crippen MR) is 98.5 cm³/mol.